The molecule has 5 aliphatic rings. The molecule has 2 spiro atoms. The number of hydrogen-bond donors (Lipinski definition) is 2. The lowest BCUT2D eigenvalue weighted by Crippen LogP contribution is -2.68. The van der Waals surface area contributed by atoms with Crippen molar-refractivity contribution in [1.29, 1.82) is 5.41 Å². The average molecular weight is 717 g/mol. The van der Waals surface area contributed by atoms with E-state index in [9.17, 15) is 18.0 Å². The van der Waals surface area contributed by atoms with Crippen molar-refractivity contribution in [3.63, 3.8) is 0 Å². The number of aromatic nitrogens is 2. The smallest absolute Gasteiger partial charge is 0.422 e. The molecule has 13 heteroatoms. The Bertz CT molecular complexity index is 1940. The first-order valence-electron chi connectivity index (χ1n) is 18.5. The van der Waals surface area contributed by atoms with Gasteiger partial charge in [0.2, 0.25) is 11.9 Å². The van der Waals surface area contributed by atoms with Crippen LogP contribution in [0.25, 0.3) is 22.0 Å². The minimum Gasteiger partial charge on any atom is -0.481 e. The molecule has 0 radical (unpaired) electrons. The number of likely N-dealkylation sites (tertiary alicyclic amines) is 2. The zero-order valence-electron chi connectivity index (χ0n) is 30.0. The van der Waals surface area contributed by atoms with Crippen molar-refractivity contribution >= 4 is 40.5 Å². The van der Waals surface area contributed by atoms with Gasteiger partial charge in [-0.25, -0.2) is 4.98 Å². The molecule has 1 saturated carbocycles. The van der Waals surface area contributed by atoms with Crippen molar-refractivity contribution in [1.82, 2.24) is 19.8 Å². The van der Waals surface area contributed by atoms with Gasteiger partial charge in [0, 0.05) is 73.1 Å². The number of alkyl halides is 3. The summed E-state index contributed by atoms with van der Waals surface area (Å²) < 4.78 is 48.1. The van der Waals surface area contributed by atoms with E-state index in [1.54, 1.807) is 6.07 Å². The molecule has 5 fully saturated rings. The van der Waals surface area contributed by atoms with Crippen LogP contribution in [0.2, 0.25) is 0 Å². The number of amides is 1. The van der Waals surface area contributed by atoms with E-state index >= 15 is 0 Å². The summed E-state index contributed by atoms with van der Waals surface area (Å²) in [4.78, 5) is 31.4. The topological polar surface area (TPSA) is 115 Å². The number of likely N-dealkylation sites (N-methyl/N-ethyl adjacent to an activating group) is 1. The largest absolute Gasteiger partial charge is 0.481 e. The van der Waals surface area contributed by atoms with Crippen LogP contribution in [0.5, 0.6) is 5.75 Å². The number of rotatable bonds is 9. The number of nitrogens with two attached hydrogens (primary N) is 1. The number of piperidine rings is 1. The lowest BCUT2D eigenvalue weighted by molar-refractivity contribution is -0.153. The van der Waals surface area contributed by atoms with Crippen LogP contribution in [0.1, 0.15) is 68.1 Å². The minimum atomic E-state index is -4.59. The van der Waals surface area contributed by atoms with Crippen LogP contribution in [-0.4, -0.2) is 103 Å². The van der Waals surface area contributed by atoms with Crippen LogP contribution in [0.15, 0.2) is 30.9 Å². The molecule has 0 bridgehead atoms. The molecule has 0 atom stereocenters. The highest BCUT2D eigenvalue weighted by Gasteiger charge is 2.51. The maximum Gasteiger partial charge on any atom is 0.422 e. The van der Waals surface area contributed by atoms with Crippen LogP contribution < -0.4 is 20.3 Å². The Labute approximate surface area is 302 Å². The molecule has 10 nitrogen and oxygen atoms in total. The lowest BCUT2D eigenvalue weighted by Gasteiger charge is -2.54. The number of carbonyl (C=O) groups excluding carboxylic acids is 1. The van der Waals surface area contributed by atoms with Crippen LogP contribution in [-0.2, 0) is 4.79 Å². The number of nitrogens with one attached hydrogen (secondary N) is 1. The zero-order chi connectivity index (χ0) is 36.6. The fourth-order valence-corrected chi connectivity index (χ4v) is 9.32. The number of hydrogen-bond acceptors (Lipinski definition) is 9. The van der Waals surface area contributed by atoms with Crippen molar-refractivity contribution in [2.24, 2.45) is 5.41 Å². The summed E-state index contributed by atoms with van der Waals surface area (Å²) in [6.45, 7) is 12.5. The van der Waals surface area contributed by atoms with Crippen LogP contribution >= 0.6 is 0 Å². The molecule has 8 rings (SSSR count). The fourth-order valence-electron chi connectivity index (χ4n) is 9.32. The highest BCUT2D eigenvalue weighted by atomic mass is 19.4. The fraction of sp³-hybridized carbons (Fsp3) is 0.538. The van der Waals surface area contributed by atoms with Crippen LogP contribution in [0, 0.1) is 17.7 Å². The number of ether oxygens (including phenoxy) is 1. The molecule has 52 heavy (non-hydrogen) atoms. The predicted octanol–water partition coefficient (Wildman–Crippen LogP) is 6.29. The standard InChI is InChI=1S/C39H47F3N8O2/c1-4-30(51)48-19-37(20-48)12-15-47(16-13-37)35-27-17-26(25-8-9-25)32(31-24(3)7-10-29(44)28(31)18-43)34(52-23-39(40,41)42)33(27)45-36(46-35)49-21-38(22-49)11-6-14-50(38)5-2/h4,7,10,17-18,25,43H,1,5-6,8-9,11-16,19-23,44H2,2-3H3. The molecule has 5 heterocycles. The molecule has 4 aliphatic heterocycles. The summed E-state index contributed by atoms with van der Waals surface area (Å²) in [6, 6.07) is 5.65. The molecule has 1 amide bonds. The highest BCUT2D eigenvalue weighted by molar-refractivity contribution is 6.05. The van der Waals surface area contributed by atoms with Crippen molar-refractivity contribution in [3.05, 3.63) is 47.5 Å². The van der Waals surface area contributed by atoms with Gasteiger partial charge in [0.15, 0.2) is 12.4 Å². The number of halogens is 3. The molecule has 3 aromatic rings. The quantitative estimate of drug-likeness (QED) is 0.151. The van der Waals surface area contributed by atoms with Crippen molar-refractivity contribution < 1.29 is 22.7 Å². The lowest BCUT2D eigenvalue weighted by atomic mass is 9.72. The number of anilines is 3. The first kappa shape index (κ1) is 34.7. The van der Waals surface area contributed by atoms with Gasteiger partial charge in [-0.2, -0.15) is 18.2 Å². The number of nitrogen functional groups attached to an aromatic ring is 1. The molecule has 1 aliphatic carbocycles. The van der Waals surface area contributed by atoms with Gasteiger partial charge < -0.3 is 30.6 Å². The Morgan fingerprint density at radius 3 is 2.44 bits per heavy atom. The molecule has 1 aromatic heterocycles. The number of fused-ring (bicyclic) bond motifs is 1. The normalized spacial score (nSPS) is 21.1. The van der Waals surface area contributed by atoms with Crippen molar-refractivity contribution in [3.8, 4) is 16.9 Å². The Morgan fingerprint density at radius 2 is 1.81 bits per heavy atom. The first-order chi connectivity index (χ1) is 24.9. The second-order valence-corrected chi connectivity index (χ2v) is 15.6. The van der Waals surface area contributed by atoms with E-state index in [1.165, 1.54) is 12.3 Å². The van der Waals surface area contributed by atoms with Gasteiger partial charge >= 0.3 is 6.18 Å². The minimum absolute atomic E-state index is 0.0397. The maximum absolute atomic E-state index is 14.1. The van der Waals surface area contributed by atoms with Crippen molar-refractivity contribution in [2.45, 2.75) is 70.0 Å². The summed E-state index contributed by atoms with van der Waals surface area (Å²) in [5, 5.41) is 8.98. The van der Waals surface area contributed by atoms with Crippen LogP contribution in [0.4, 0.5) is 30.6 Å². The molecular formula is C39H47F3N8O2. The maximum atomic E-state index is 14.1. The third kappa shape index (κ3) is 5.85. The number of aryl methyl sites for hydroxylation is 1. The van der Waals surface area contributed by atoms with E-state index in [0.29, 0.717) is 71.2 Å². The first-order valence-corrected chi connectivity index (χ1v) is 18.5. The number of nitrogens with zero attached hydrogens (tertiary/aromatic N) is 6. The predicted molar refractivity (Wildman–Crippen MR) is 198 cm³/mol. The number of carbonyl (C=O) groups is 1. The van der Waals surface area contributed by atoms with Gasteiger partial charge in [0.05, 0.1) is 5.54 Å². The van der Waals surface area contributed by atoms with Gasteiger partial charge in [0.1, 0.15) is 11.3 Å². The Morgan fingerprint density at radius 1 is 1.08 bits per heavy atom. The van der Waals surface area contributed by atoms with Gasteiger partial charge in [-0.05, 0) is 99.4 Å². The summed E-state index contributed by atoms with van der Waals surface area (Å²) in [5.41, 5.74) is 10.5. The van der Waals surface area contributed by atoms with Gasteiger partial charge in [-0.15, -0.1) is 0 Å². The van der Waals surface area contributed by atoms with Crippen molar-refractivity contribution in [2.75, 3.05) is 74.5 Å². The average Bonchev–Trinajstić information content (AvgIpc) is 3.85. The summed E-state index contributed by atoms with van der Waals surface area (Å²) >= 11 is 0. The van der Waals surface area contributed by atoms with Gasteiger partial charge in [-0.1, -0.05) is 19.6 Å². The molecule has 4 saturated heterocycles. The van der Waals surface area contributed by atoms with Crippen LogP contribution in [0.3, 0.4) is 0 Å². The third-order valence-corrected chi connectivity index (χ3v) is 12.3. The molecule has 2 aromatic carbocycles. The van der Waals surface area contributed by atoms with E-state index in [2.05, 4.69) is 34.3 Å². The Hall–Kier alpha value is -4.39. The summed E-state index contributed by atoms with van der Waals surface area (Å²) in [5.74, 6) is 1.32. The summed E-state index contributed by atoms with van der Waals surface area (Å²) in [7, 11) is 0. The second kappa shape index (κ2) is 12.6. The molecule has 276 valence electrons. The SMILES string of the molecule is C=CC(=O)N1CC2(CCN(c3nc(N4CC5(CCCN5CC)C4)nc4c(OCC(F)(F)F)c(-c5c(C)ccc(N)c5C=N)c(C5CC5)cc34)CC2)C1. The van der Waals surface area contributed by atoms with Gasteiger partial charge in [0.25, 0.3) is 0 Å². The second-order valence-electron chi connectivity index (χ2n) is 15.6. The van der Waals surface area contributed by atoms with E-state index in [0.717, 1.165) is 75.8 Å². The Kier molecular flexibility index (Phi) is 8.43. The number of benzene rings is 2. The molecule has 0 unspecified atom stereocenters. The molecule has 3 N–H and O–H groups in total. The summed E-state index contributed by atoms with van der Waals surface area (Å²) in [6.07, 6.45) is 3.69. The Balaban J connectivity index is 1.29. The van der Waals surface area contributed by atoms with E-state index in [1.807, 2.05) is 17.9 Å². The van der Waals surface area contributed by atoms with Gasteiger partial charge in [-0.3, -0.25) is 9.69 Å². The molecular weight excluding hydrogens is 669 g/mol. The van der Waals surface area contributed by atoms with E-state index in [4.69, 9.17) is 25.8 Å². The van der Waals surface area contributed by atoms with E-state index < -0.39 is 12.8 Å². The monoisotopic (exact) mass is 716 g/mol. The zero-order valence-corrected chi connectivity index (χ0v) is 30.0. The third-order valence-electron chi connectivity index (χ3n) is 12.3. The highest BCUT2D eigenvalue weighted by Crippen LogP contribution is 2.53. The van der Waals surface area contributed by atoms with E-state index in [-0.39, 0.29) is 28.5 Å².